The van der Waals surface area contributed by atoms with Crippen molar-refractivity contribution in [1.29, 1.82) is 0 Å². The first-order chi connectivity index (χ1) is 21.3. The van der Waals surface area contributed by atoms with Gasteiger partial charge in [0.05, 0.1) is 26.1 Å². The third kappa shape index (κ3) is 16.3. The third-order valence-electron chi connectivity index (χ3n) is 6.97. The van der Waals surface area contributed by atoms with Gasteiger partial charge in [-0.15, -0.1) is 0 Å². The van der Waals surface area contributed by atoms with E-state index in [2.05, 4.69) is 57.0 Å². The lowest BCUT2D eigenvalue weighted by Gasteiger charge is -2.27. The van der Waals surface area contributed by atoms with Crippen LogP contribution in [0, 0.1) is 0 Å². The summed E-state index contributed by atoms with van der Waals surface area (Å²) in [6.45, 7) is 10.8. The van der Waals surface area contributed by atoms with Gasteiger partial charge in [-0.1, -0.05) is 5.11 Å². The molecule has 0 radical (unpaired) electrons. The van der Waals surface area contributed by atoms with Gasteiger partial charge < -0.3 is 42.0 Å². The van der Waals surface area contributed by atoms with Crippen LogP contribution in [0.4, 0.5) is 0 Å². The number of piperazine rings is 2. The molecule has 2 heterocycles. The van der Waals surface area contributed by atoms with Gasteiger partial charge in [-0.3, -0.25) is 33.8 Å². The molecule has 0 unspecified atom stereocenters. The maximum Gasteiger partial charge on any atom is 0.243 e. The van der Waals surface area contributed by atoms with Crippen molar-refractivity contribution < 1.29 is 28.7 Å². The first kappa shape index (κ1) is 36.7. The number of nitrogens with zero attached hydrogens (tertiary/aromatic N) is 5. The van der Waals surface area contributed by atoms with Gasteiger partial charge in [0.25, 0.3) is 0 Å². The zero-order valence-electron chi connectivity index (χ0n) is 25.6. The fourth-order valence-electron chi connectivity index (χ4n) is 4.65. The summed E-state index contributed by atoms with van der Waals surface area (Å²) in [6.07, 6.45) is -0.683. The number of hydrogen-bond acceptors (Lipinski definition) is 11. The monoisotopic (exact) mass is 624 g/mol. The first-order valence-corrected chi connectivity index (χ1v) is 15.1. The molecule has 0 bridgehead atoms. The number of carbonyl (C=O) groups excluding carboxylic acids is 5. The number of nitrogens with one attached hydrogen (secondary N) is 7. The van der Waals surface area contributed by atoms with Crippen LogP contribution >= 0.6 is 0 Å². The number of carbonyl (C=O) groups is 5. The van der Waals surface area contributed by atoms with Gasteiger partial charge in [0.2, 0.25) is 29.5 Å². The molecule has 248 valence electrons. The summed E-state index contributed by atoms with van der Waals surface area (Å²) < 4.78 is 5.28. The number of hydrogen-bond donors (Lipinski definition) is 7. The summed E-state index contributed by atoms with van der Waals surface area (Å²) in [5.74, 6) is -2.79. The molecule has 7 N–H and O–H groups in total. The largest absolute Gasteiger partial charge is 0.379 e. The molecule has 0 saturated carbocycles. The Hall–Kier alpha value is -3.54. The molecule has 2 saturated heterocycles. The van der Waals surface area contributed by atoms with E-state index in [0.29, 0.717) is 26.2 Å². The second-order valence-electron chi connectivity index (χ2n) is 10.5. The number of azide groups is 1. The molecule has 2 aliphatic rings. The Bertz CT molecular complexity index is 967. The van der Waals surface area contributed by atoms with E-state index in [-0.39, 0.29) is 39.1 Å². The van der Waals surface area contributed by atoms with Crippen LogP contribution in [-0.2, 0) is 28.7 Å². The van der Waals surface area contributed by atoms with E-state index in [1.807, 2.05) is 0 Å². The molecule has 2 atom stereocenters. The van der Waals surface area contributed by atoms with Gasteiger partial charge >= 0.3 is 0 Å². The topological polar surface area (TPSA) is 234 Å². The third-order valence-corrected chi connectivity index (χ3v) is 6.97. The molecule has 0 aromatic heterocycles. The molecule has 2 rings (SSSR count). The molecule has 18 nitrogen and oxygen atoms in total. The summed E-state index contributed by atoms with van der Waals surface area (Å²) in [7, 11) is 0. The molecule has 0 aromatic rings. The minimum absolute atomic E-state index is 0.0801. The molecule has 5 amide bonds. The molecule has 2 fully saturated rings. The Labute approximate surface area is 257 Å². The quantitative estimate of drug-likeness (QED) is 0.0302. The van der Waals surface area contributed by atoms with Gasteiger partial charge in [0, 0.05) is 103 Å². The zero-order valence-corrected chi connectivity index (χ0v) is 25.6. The summed E-state index contributed by atoms with van der Waals surface area (Å²) >= 11 is 0. The summed E-state index contributed by atoms with van der Waals surface area (Å²) in [5.41, 5.74) is 8.31. The smallest absolute Gasteiger partial charge is 0.243 e. The van der Waals surface area contributed by atoms with E-state index >= 15 is 0 Å². The van der Waals surface area contributed by atoms with Crippen molar-refractivity contribution in [3.8, 4) is 0 Å². The number of ether oxygens (including phenoxy) is 1. The molecular weight excluding hydrogens is 576 g/mol. The highest BCUT2D eigenvalue weighted by molar-refractivity contribution is 5.96. The Balaban J connectivity index is 1.93. The normalized spacial score (nSPS) is 16.9. The van der Waals surface area contributed by atoms with Crippen LogP contribution < -0.4 is 37.2 Å². The minimum Gasteiger partial charge on any atom is -0.379 e. The summed E-state index contributed by atoms with van der Waals surface area (Å²) in [5, 5.41) is 23.1. The Kier molecular flexibility index (Phi) is 18.4. The average Bonchev–Trinajstić information content (AvgIpc) is 3.00. The van der Waals surface area contributed by atoms with Crippen LogP contribution in [0.25, 0.3) is 10.4 Å². The SMILES string of the molecule is CC(=O)N[C@H](CC(=O)NCCN1CCNCC1)C(=O)N[C@@H](CC(=O)NCCN1CCNCC1)C(=O)NCCOCCN=[N+]=[N-]. The van der Waals surface area contributed by atoms with E-state index in [4.69, 9.17) is 10.3 Å². The second-order valence-corrected chi connectivity index (χ2v) is 10.5. The molecule has 0 aliphatic carbocycles. The lowest BCUT2D eigenvalue weighted by atomic mass is 10.1. The average molecular weight is 625 g/mol. The van der Waals surface area contributed by atoms with Crippen molar-refractivity contribution in [1.82, 2.24) is 47.0 Å². The van der Waals surface area contributed by atoms with Gasteiger partial charge in [0.15, 0.2) is 0 Å². The van der Waals surface area contributed by atoms with Crippen molar-refractivity contribution >= 4 is 29.5 Å². The first-order valence-electron chi connectivity index (χ1n) is 15.1. The van der Waals surface area contributed by atoms with Crippen LogP contribution in [0.3, 0.4) is 0 Å². The second kappa shape index (κ2) is 22.0. The van der Waals surface area contributed by atoms with E-state index in [1.165, 1.54) is 6.92 Å². The molecule has 0 spiro atoms. The minimum atomic E-state index is -1.27. The van der Waals surface area contributed by atoms with E-state index in [1.54, 1.807) is 0 Å². The van der Waals surface area contributed by atoms with E-state index < -0.39 is 41.6 Å². The van der Waals surface area contributed by atoms with Gasteiger partial charge in [-0.25, -0.2) is 0 Å². The van der Waals surface area contributed by atoms with Crippen molar-refractivity contribution in [2.24, 2.45) is 5.11 Å². The fourth-order valence-corrected chi connectivity index (χ4v) is 4.65. The maximum atomic E-state index is 13.2. The highest BCUT2D eigenvalue weighted by atomic mass is 16.5. The lowest BCUT2D eigenvalue weighted by Crippen LogP contribution is -2.56. The molecular formula is C26H48N12O6. The Morgan fingerprint density at radius 1 is 0.773 bits per heavy atom. The number of amides is 5. The number of rotatable bonds is 20. The molecule has 18 heteroatoms. The van der Waals surface area contributed by atoms with Crippen LogP contribution in [0.5, 0.6) is 0 Å². The van der Waals surface area contributed by atoms with E-state index in [0.717, 1.165) is 52.4 Å². The van der Waals surface area contributed by atoms with Crippen LogP contribution in [0.2, 0.25) is 0 Å². The predicted molar refractivity (Wildman–Crippen MR) is 161 cm³/mol. The van der Waals surface area contributed by atoms with Crippen molar-refractivity contribution in [2.75, 3.05) is 105 Å². The Morgan fingerprint density at radius 2 is 1.30 bits per heavy atom. The highest BCUT2D eigenvalue weighted by Crippen LogP contribution is 2.00. The highest BCUT2D eigenvalue weighted by Gasteiger charge is 2.29. The standard InChI is InChI=1S/C26H48N12O6/c1-20(39)34-22(19-24(41)31-7-15-38-12-4-29-5-13-38)26(43)35-21(25(42)32-8-16-44-17-9-33-36-27)18-23(40)30-6-14-37-10-2-28-3-11-37/h21-22,28-29H,2-19H2,1H3,(H,30,40)(H,31,41)(H,32,42)(H,34,39)(H,35,43)/t21-,22+/m0/s1. The summed E-state index contributed by atoms with van der Waals surface area (Å²) in [6, 6.07) is -2.52. The fraction of sp³-hybridized carbons (Fsp3) is 0.808. The van der Waals surface area contributed by atoms with Gasteiger partial charge in [-0.05, 0) is 5.53 Å². The van der Waals surface area contributed by atoms with Crippen LogP contribution in [0.1, 0.15) is 19.8 Å². The predicted octanol–water partition coefficient (Wildman–Crippen LogP) is -3.76. The van der Waals surface area contributed by atoms with E-state index in [9.17, 15) is 24.0 Å². The van der Waals surface area contributed by atoms with Crippen LogP contribution in [0.15, 0.2) is 5.11 Å². The zero-order chi connectivity index (χ0) is 32.0. The summed E-state index contributed by atoms with van der Waals surface area (Å²) in [4.78, 5) is 70.5. The van der Waals surface area contributed by atoms with Crippen molar-refractivity contribution in [2.45, 2.75) is 31.8 Å². The lowest BCUT2D eigenvalue weighted by molar-refractivity contribution is -0.135. The van der Waals surface area contributed by atoms with Crippen molar-refractivity contribution in [3.63, 3.8) is 0 Å². The maximum absolute atomic E-state index is 13.2. The van der Waals surface area contributed by atoms with Crippen LogP contribution in [-0.4, -0.2) is 156 Å². The Morgan fingerprint density at radius 3 is 1.80 bits per heavy atom. The molecule has 0 aromatic carbocycles. The molecule has 2 aliphatic heterocycles. The van der Waals surface area contributed by atoms with Crippen molar-refractivity contribution in [3.05, 3.63) is 10.4 Å². The van der Waals surface area contributed by atoms with Gasteiger partial charge in [0.1, 0.15) is 12.1 Å². The molecule has 44 heavy (non-hydrogen) atoms. The van der Waals surface area contributed by atoms with Gasteiger partial charge in [-0.2, -0.15) is 0 Å².